The Morgan fingerprint density at radius 3 is 2.79 bits per heavy atom. The van der Waals surface area contributed by atoms with Crippen LogP contribution in [0.5, 0.6) is 0 Å². The summed E-state index contributed by atoms with van der Waals surface area (Å²) in [4.78, 5) is 2.60. The van der Waals surface area contributed by atoms with Gasteiger partial charge in [0.2, 0.25) is 0 Å². The third-order valence-electron chi connectivity index (χ3n) is 2.88. The summed E-state index contributed by atoms with van der Waals surface area (Å²) in [5.41, 5.74) is 2.38. The predicted octanol–water partition coefficient (Wildman–Crippen LogP) is 2.66. The van der Waals surface area contributed by atoms with Crippen LogP contribution in [0.3, 0.4) is 0 Å². The van der Waals surface area contributed by atoms with E-state index >= 15 is 0 Å². The third kappa shape index (κ3) is 1.55. The highest BCUT2D eigenvalue weighted by atomic mass is 32.1. The molecule has 2 rings (SSSR count). The molecule has 0 aromatic heterocycles. The molecule has 0 amide bonds. The second kappa shape index (κ2) is 3.55. The van der Waals surface area contributed by atoms with Crippen LogP contribution in [0.2, 0.25) is 0 Å². The minimum absolute atomic E-state index is 0.208. The summed E-state index contributed by atoms with van der Waals surface area (Å²) in [6.45, 7) is 0. The van der Waals surface area contributed by atoms with Gasteiger partial charge in [0.1, 0.15) is 5.82 Å². The van der Waals surface area contributed by atoms with E-state index in [0.29, 0.717) is 10.9 Å². The highest BCUT2D eigenvalue weighted by molar-refractivity contribution is 7.80. The van der Waals surface area contributed by atoms with E-state index in [2.05, 4.69) is 17.5 Å². The maximum Gasteiger partial charge on any atom is 0.136 e. The molecule has 0 saturated carbocycles. The predicted molar refractivity (Wildman–Crippen MR) is 58.4 cm³/mol. The highest BCUT2D eigenvalue weighted by Gasteiger charge is 2.25. The third-order valence-corrected chi connectivity index (χ3v) is 3.22. The first-order chi connectivity index (χ1) is 6.59. The molecule has 1 aromatic carbocycles. The summed E-state index contributed by atoms with van der Waals surface area (Å²) >= 11 is 4.09. The van der Waals surface area contributed by atoms with Crippen LogP contribution in [0.4, 0.5) is 4.39 Å². The van der Waals surface area contributed by atoms with E-state index in [1.165, 1.54) is 5.56 Å². The normalized spacial score (nSPS) is 20.2. The van der Waals surface area contributed by atoms with E-state index in [0.717, 1.165) is 18.4 Å². The van der Waals surface area contributed by atoms with Gasteiger partial charge in [0.15, 0.2) is 0 Å². The lowest BCUT2D eigenvalue weighted by atomic mass is 10.1. The SMILES string of the molecule is CN(C)C1CCc2cc(S)c(F)cc21. The molecule has 1 aromatic rings. The summed E-state index contributed by atoms with van der Waals surface area (Å²) in [6.07, 6.45) is 2.12. The number of aryl methyl sites for hydroxylation is 1. The summed E-state index contributed by atoms with van der Waals surface area (Å²) < 4.78 is 13.3. The zero-order chi connectivity index (χ0) is 10.3. The molecule has 1 aliphatic rings. The molecule has 1 aliphatic carbocycles. The molecule has 1 unspecified atom stereocenters. The summed E-state index contributed by atoms with van der Waals surface area (Å²) in [5, 5.41) is 0. The second-order valence-electron chi connectivity index (χ2n) is 4.02. The number of hydrogen-bond donors (Lipinski definition) is 1. The van der Waals surface area contributed by atoms with Crippen molar-refractivity contribution in [1.82, 2.24) is 4.90 Å². The molecule has 0 heterocycles. The first-order valence-corrected chi connectivity index (χ1v) is 5.22. The van der Waals surface area contributed by atoms with Crippen molar-refractivity contribution in [3.05, 3.63) is 29.1 Å². The van der Waals surface area contributed by atoms with E-state index < -0.39 is 0 Å². The number of thiol groups is 1. The van der Waals surface area contributed by atoms with Crippen molar-refractivity contribution in [3.8, 4) is 0 Å². The number of halogens is 1. The molecule has 76 valence electrons. The first kappa shape index (κ1) is 9.99. The van der Waals surface area contributed by atoms with Crippen molar-refractivity contribution >= 4 is 12.6 Å². The molecule has 14 heavy (non-hydrogen) atoms. The topological polar surface area (TPSA) is 3.24 Å². The van der Waals surface area contributed by atoms with Crippen LogP contribution < -0.4 is 0 Å². The van der Waals surface area contributed by atoms with Gasteiger partial charge in [-0.3, -0.25) is 0 Å². The molecule has 0 radical (unpaired) electrons. The molecule has 0 fully saturated rings. The van der Waals surface area contributed by atoms with E-state index in [1.54, 1.807) is 6.07 Å². The van der Waals surface area contributed by atoms with Gasteiger partial charge in [0.25, 0.3) is 0 Å². The van der Waals surface area contributed by atoms with Gasteiger partial charge in [-0.2, -0.15) is 0 Å². The van der Waals surface area contributed by atoms with Gasteiger partial charge in [-0.25, -0.2) is 4.39 Å². The number of hydrogen-bond acceptors (Lipinski definition) is 2. The Morgan fingerprint density at radius 1 is 1.43 bits per heavy atom. The monoisotopic (exact) mass is 211 g/mol. The van der Waals surface area contributed by atoms with Crippen molar-refractivity contribution in [1.29, 1.82) is 0 Å². The minimum atomic E-state index is -0.208. The molecule has 1 atom stereocenters. The zero-order valence-corrected chi connectivity index (χ0v) is 9.31. The van der Waals surface area contributed by atoms with Crippen molar-refractivity contribution in [2.45, 2.75) is 23.8 Å². The van der Waals surface area contributed by atoms with Crippen LogP contribution in [0, 0.1) is 5.82 Å². The number of benzene rings is 1. The van der Waals surface area contributed by atoms with Gasteiger partial charge in [-0.05, 0) is 50.2 Å². The molecule has 1 nitrogen and oxygen atoms in total. The van der Waals surface area contributed by atoms with Gasteiger partial charge < -0.3 is 4.90 Å². The molecule has 0 N–H and O–H groups in total. The Bertz CT molecular complexity index is 363. The fourth-order valence-corrected chi connectivity index (χ4v) is 2.35. The average Bonchev–Trinajstić information content (AvgIpc) is 2.48. The fraction of sp³-hybridized carbons (Fsp3) is 0.455. The maximum atomic E-state index is 13.3. The van der Waals surface area contributed by atoms with Crippen LogP contribution in [0.15, 0.2) is 17.0 Å². The van der Waals surface area contributed by atoms with Crippen LogP contribution in [-0.4, -0.2) is 19.0 Å². The largest absolute Gasteiger partial charge is 0.302 e. The molecular formula is C11H14FNS. The second-order valence-corrected chi connectivity index (χ2v) is 4.50. The van der Waals surface area contributed by atoms with Gasteiger partial charge >= 0.3 is 0 Å². The summed E-state index contributed by atoms with van der Waals surface area (Å²) in [5.74, 6) is -0.208. The molecule has 0 aliphatic heterocycles. The van der Waals surface area contributed by atoms with E-state index in [4.69, 9.17) is 0 Å². The van der Waals surface area contributed by atoms with Gasteiger partial charge in [-0.15, -0.1) is 12.6 Å². The molecule has 0 bridgehead atoms. The Labute approximate surface area is 89.3 Å². The van der Waals surface area contributed by atoms with Crippen molar-refractivity contribution < 1.29 is 4.39 Å². The van der Waals surface area contributed by atoms with Crippen LogP contribution >= 0.6 is 12.6 Å². The van der Waals surface area contributed by atoms with Crippen LogP contribution in [0.25, 0.3) is 0 Å². The molecule has 0 saturated heterocycles. The Hall–Kier alpha value is -0.540. The number of rotatable bonds is 1. The van der Waals surface area contributed by atoms with E-state index in [9.17, 15) is 4.39 Å². The molecule has 0 spiro atoms. The van der Waals surface area contributed by atoms with E-state index in [-0.39, 0.29) is 5.82 Å². The van der Waals surface area contributed by atoms with Crippen molar-refractivity contribution in [2.75, 3.05) is 14.1 Å². The summed E-state index contributed by atoms with van der Waals surface area (Å²) in [6, 6.07) is 3.86. The van der Waals surface area contributed by atoms with Crippen LogP contribution in [0.1, 0.15) is 23.6 Å². The molecular weight excluding hydrogens is 197 g/mol. The van der Waals surface area contributed by atoms with Crippen LogP contribution in [-0.2, 0) is 6.42 Å². The minimum Gasteiger partial charge on any atom is -0.302 e. The fourth-order valence-electron chi connectivity index (χ4n) is 2.13. The Kier molecular flexibility index (Phi) is 2.54. The average molecular weight is 211 g/mol. The lowest BCUT2D eigenvalue weighted by Gasteiger charge is -2.20. The quantitative estimate of drug-likeness (QED) is 0.699. The van der Waals surface area contributed by atoms with Crippen molar-refractivity contribution in [2.24, 2.45) is 0 Å². The van der Waals surface area contributed by atoms with Gasteiger partial charge in [0.05, 0.1) is 0 Å². The lowest BCUT2D eigenvalue weighted by Crippen LogP contribution is -2.17. The smallest absolute Gasteiger partial charge is 0.136 e. The summed E-state index contributed by atoms with van der Waals surface area (Å²) in [7, 11) is 4.07. The first-order valence-electron chi connectivity index (χ1n) is 4.77. The Balaban J connectivity index is 2.45. The Morgan fingerprint density at radius 2 is 2.14 bits per heavy atom. The number of nitrogens with zero attached hydrogens (tertiary/aromatic N) is 1. The zero-order valence-electron chi connectivity index (χ0n) is 8.42. The highest BCUT2D eigenvalue weighted by Crippen LogP contribution is 2.36. The standard InChI is InChI=1S/C11H14FNS/c1-13(2)10-4-3-7-5-11(14)9(12)6-8(7)10/h5-6,10,14H,3-4H2,1-2H3. The van der Waals surface area contributed by atoms with Crippen molar-refractivity contribution in [3.63, 3.8) is 0 Å². The number of fused-ring (bicyclic) bond motifs is 1. The molecule has 3 heteroatoms. The lowest BCUT2D eigenvalue weighted by molar-refractivity contribution is 0.298. The van der Waals surface area contributed by atoms with E-state index in [1.807, 2.05) is 20.2 Å². The van der Waals surface area contributed by atoms with Gasteiger partial charge in [-0.1, -0.05) is 0 Å². The maximum absolute atomic E-state index is 13.3. The van der Waals surface area contributed by atoms with Gasteiger partial charge in [0, 0.05) is 10.9 Å².